The monoisotopic (exact) mass is 311 g/mol. The van der Waals surface area contributed by atoms with Gasteiger partial charge in [0.1, 0.15) is 0 Å². The molecular weight excluding hydrogens is 286 g/mol. The molecule has 0 aliphatic rings. The summed E-state index contributed by atoms with van der Waals surface area (Å²) in [7, 11) is 2.03. The molecule has 0 unspecified atom stereocenters. The predicted molar refractivity (Wildman–Crippen MR) is 95.1 cm³/mol. The van der Waals surface area contributed by atoms with Crippen molar-refractivity contribution >= 4 is 5.96 Å². The first kappa shape index (κ1) is 17.0. The van der Waals surface area contributed by atoms with E-state index in [4.69, 9.17) is 4.99 Å². The molecule has 0 bridgehead atoms. The van der Waals surface area contributed by atoms with Gasteiger partial charge in [-0.05, 0) is 23.6 Å². The van der Waals surface area contributed by atoms with E-state index >= 15 is 0 Å². The van der Waals surface area contributed by atoms with Gasteiger partial charge in [-0.25, -0.2) is 4.99 Å². The molecule has 2 rings (SSSR count). The van der Waals surface area contributed by atoms with Crippen LogP contribution in [0.4, 0.5) is 0 Å². The van der Waals surface area contributed by atoms with Gasteiger partial charge in [-0.3, -0.25) is 0 Å². The Morgan fingerprint density at radius 3 is 2.35 bits per heavy atom. The van der Waals surface area contributed by atoms with Crippen molar-refractivity contribution in [1.82, 2.24) is 10.2 Å². The molecule has 4 heteroatoms. The van der Waals surface area contributed by atoms with E-state index in [1.807, 2.05) is 49.5 Å². The number of hydrogen-bond acceptors (Lipinski definition) is 2. The van der Waals surface area contributed by atoms with Gasteiger partial charge in [-0.15, -0.1) is 0 Å². The third kappa shape index (κ3) is 5.11. The average molecular weight is 311 g/mol. The lowest BCUT2D eigenvalue weighted by Crippen LogP contribution is -2.38. The maximum atomic E-state index is 9.42. The van der Waals surface area contributed by atoms with Gasteiger partial charge < -0.3 is 15.3 Å². The number of hydrogen-bond donors (Lipinski definition) is 2. The molecule has 0 aliphatic heterocycles. The number of rotatable bonds is 6. The summed E-state index contributed by atoms with van der Waals surface area (Å²) in [6.45, 7) is 4.28. The summed E-state index contributed by atoms with van der Waals surface area (Å²) in [4.78, 5) is 6.82. The Morgan fingerprint density at radius 2 is 1.70 bits per heavy atom. The molecule has 2 N–H and O–H groups in total. The molecule has 0 heterocycles. The van der Waals surface area contributed by atoms with E-state index in [0.717, 1.165) is 30.2 Å². The molecule has 0 aliphatic carbocycles. The zero-order valence-electron chi connectivity index (χ0n) is 13.9. The molecule has 2 aromatic carbocycles. The molecule has 0 amide bonds. The number of aliphatic hydroxyl groups is 1. The number of nitrogens with one attached hydrogen (secondary N) is 1. The molecule has 0 spiro atoms. The molecule has 0 aromatic heterocycles. The van der Waals surface area contributed by atoms with Gasteiger partial charge in [-0.1, -0.05) is 54.6 Å². The molecule has 23 heavy (non-hydrogen) atoms. The molecule has 4 nitrogen and oxygen atoms in total. The van der Waals surface area contributed by atoms with E-state index in [9.17, 15) is 5.11 Å². The lowest BCUT2D eigenvalue weighted by molar-refractivity contribution is 0.280. The van der Waals surface area contributed by atoms with Crippen molar-refractivity contribution < 1.29 is 5.11 Å². The zero-order chi connectivity index (χ0) is 16.5. The summed E-state index contributed by atoms with van der Waals surface area (Å²) in [5.41, 5.74) is 3.23. The third-order valence-electron chi connectivity index (χ3n) is 3.65. The molecule has 0 radical (unpaired) electrons. The van der Waals surface area contributed by atoms with Crippen LogP contribution in [0.15, 0.2) is 59.6 Å². The third-order valence-corrected chi connectivity index (χ3v) is 3.65. The van der Waals surface area contributed by atoms with Gasteiger partial charge in [-0.2, -0.15) is 0 Å². The highest BCUT2D eigenvalue weighted by atomic mass is 16.3. The maximum Gasteiger partial charge on any atom is 0.194 e. The van der Waals surface area contributed by atoms with Crippen LogP contribution < -0.4 is 5.32 Å². The summed E-state index contributed by atoms with van der Waals surface area (Å²) in [6.07, 6.45) is 0. The molecule has 122 valence electrons. The number of nitrogens with zero attached hydrogens (tertiary/aromatic N) is 2. The first-order valence-electron chi connectivity index (χ1n) is 7.95. The smallest absolute Gasteiger partial charge is 0.194 e. The van der Waals surface area contributed by atoms with E-state index in [1.165, 1.54) is 5.56 Å². The number of benzene rings is 2. The number of guanidine groups is 1. The normalized spacial score (nSPS) is 11.3. The predicted octanol–water partition coefficient (Wildman–Crippen LogP) is 2.78. The Balaban J connectivity index is 2.10. The topological polar surface area (TPSA) is 47.9 Å². The van der Waals surface area contributed by atoms with Gasteiger partial charge in [0, 0.05) is 20.1 Å². The van der Waals surface area contributed by atoms with E-state index in [2.05, 4.69) is 29.3 Å². The molecule has 0 atom stereocenters. The Labute approximate surface area is 138 Å². The van der Waals surface area contributed by atoms with Crippen molar-refractivity contribution in [3.8, 4) is 0 Å². The van der Waals surface area contributed by atoms with Gasteiger partial charge in [0.25, 0.3) is 0 Å². The van der Waals surface area contributed by atoms with Crippen LogP contribution in [0.3, 0.4) is 0 Å². The second-order valence-electron chi connectivity index (χ2n) is 5.44. The quantitative estimate of drug-likeness (QED) is 0.637. The minimum absolute atomic E-state index is 0.0437. The Morgan fingerprint density at radius 1 is 1.04 bits per heavy atom. The largest absolute Gasteiger partial charge is 0.392 e. The summed E-state index contributed by atoms with van der Waals surface area (Å²) >= 11 is 0. The fraction of sp³-hybridized carbons (Fsp3) is 0.316. The van der Waals surface area contributed by atoms with E-state index in [1.54, 1.807) is 0 Å². The van der Waals surface area contributed by atoms with Crippen LogP contribution in [0.2, 0.25) is 0 Å². The molecule has 2 aromatic rings. The van der Waals surface area contributed by atoms with Gasteiger partial charge in [0.05, 0.1) is 13.2 Å². The van der Waals surface area contributed by atoms with Crippen molar-refractivity contribution in [2.45, 2.75) is 26.6 Å². The second kappa shape index (κ2) is 8.96. The minimum atomic E-state index is 0.0437. The fourth-order valence-corrected chi connectivity index (χ4v) is 2.43. The van der Waals surface area contributed by atoms with Crippen molar-refractivity contribution in [3.05, 3.63) is 71.3 Å². The fourth-order valence-electron chi connectivity index (χ4n) is 2.43. The van der Waals surface area contributed by atoms with Crippen LogP contribution >= 0.6 is 0 Å². The van der Waals surface area contributed by atoms with Crippen molar-refractivity contribution in [2.24, 2.45) is 4.99 Å². The number of aliphatic imine (C=N–C) groups is 1. The molecular formula is C19H25N3O. The van der Waals surface area contributed by atoms with Gasteiger partial charge in [0.2, 0.25) is 0 Å². The lowest BCUT2D eigenvalue weighted by atomic mass is 10.1. The highest BCUT2D eigenvalue weighted by Crippen LogP contribution is 2.10. The summed E-state index contributed by atoms with van der Waals surface area (Å²) in [5.74, 6) is 0.865. The Hall–Kier alpha value is -2.33. The van der Waals surface area contributed by atoms with E-state index in [0.29, 0.717) is 6.54 Å². The zero-order valence-corrected chi connectivity index (χ0v) is 13.9. The SMILES string of the molecule is CCNC(=NCc1ccccc1CO)N(C)Cc1ccccc1. The van der Waals surface area contributed by atoms with Crippen LogP contribution in [-0.4, -0.2) is 29.6 Å². The lowest BCUT2D eigenvalue weighted by Gasteiger charge is -2.22. The summed E-state index contributed by atoms with van der Waals surface area (Å²) in [5, 5.41) is 12.7. The minimum Gasteiger partial charge on any atom is -0.392 e. The Kier molecular flexibility index (Phi) is 6.63. The molecule has 0 saturated heterocycles. The first-order valence-corrected chi connectivity index (χ1v) is 7.95. The molecule has 0 saturated carbocycles. The van der Waals surface area contributed by atoms with Crippen LogP contribution in [0.25, 0.3) is 0 Å². The van der Waals surface area contributed by atoms with E-state index < -0.39 is 0 Å². The summed E-state index contributed by atoms with van der Waals surface area (Å²) in [6, 6.07) is 18.2. The maximum absolute atomic E-state index is 9.42. The van der Waals surface area contributed by atoms with Gasteiger partial charge >= 0.3 is 0 Å². The standard InChI is InChI=1S/C19H25N3O/c1-3-20-19(22(2)14-16-9-5-4-6-10-16)21-13-17-11-7-8-12-18(17)15-23/h4-12,23H,3,13-15H2,1-2H3,(H,20,21). The highest BCUT2D eigenvalue weighted by Gasteiger charge is 2.07. The van der Waals surface area contributed by atoms with Crippen molar-refractivity contribution in [1.29, 1.82) is 0 Å². The van der Waals surface area contributed by atoms with Crippen LogP contribution in [0.5, 0.6) is 0 Å². The van der Waals surface area contributed by atoms with Crippen molar-refractivity contribution in [3.63, 3.8) is 0 Å². The highest BCUT2D eigenvalue weighted by molar-refractivity contribution is 5.79. The van der Waals surface area contributed by atoms with Crippen LogP contribution in [0.1, 0.15) is 23.6 Å². The van der Waals surface area contributed by atoms with Crippen LogP contribution in [0, 0.1) is 0 Å². The first-order chi connectivity index (χ1) is 11.2. The van der Waals surface area contributed by atoms with E-state index in [-0.39, 0.29) is 6.61 Å². The number of aliphatic hydroxyl groups excluding tert-OH is 1. The van der Waals surface area contributed by atoms with Crippen molar-refractivity contribution in [2.75, 3.05) is 13.6 Å². The van der Waals surface area contributed by atoms with Crippen LogP contribution in [-0.2, 0) is 19.7 Å². The van der Waals surface area contributed by atoms with Gasteiger partial charge in [0.15, 0.2) is 5.96 Å². The second-order valence-corrected chi connectivity index (χ2v) is 5.44. The summed E-state index contributed by atoms with van der Waals surface area (Å²) < 4.78 is 0. The molecule has 0 fully saturated rings. The average Bonchev–Trinajstić information content (AvgIpc) is 2.59. The Bertz CT molecular complexity index is 626.